The maximum absolute atomic E-state index is 11.0. The van der Waals surface area contributed by atoms with E-state index in [0.717, 1.165) is 12.8 Å². The molecule has 1 fully saturated rings. The monoisotopic (exact) mass is 157 g/mol. The number of aliphatic hydroxyl groups is 1. The molecule has 0 spiro atoms. The summed E-state index contributed by atoms with van der Waals surface area (Å²) in [5.74, 6) is 0.173. The third-order valence-corrected chi connectivity index (χ3v) is 2.23. The number of hydrogen-bond acceptors (Lipinski definition) is 3. The standard InChI is InChI=1S/C8H15NO2/c9-5-4-8(11)3-1-2-7(10)6-8/h11H,1-6,9H2. The molecule has 3 nitrogen and oxygen atoms in total. The highest BCUT2D eigenvalue weighted by Crippen LogP contribution is 2.28. The van der Waals surface area contributed by atoms with Gasteiger partial charge in [-0.1, -0.05) is 0 Å². The normalized spacial score (nSPS) is 32.4. The van der Waals surface area contributed by atoms with Crippen LogP contribution in [0, 0.1) is 0 Å². The van der Waals surface area contributed by atoms with Gasteiger partial charge in [0, 0.05) is 12.8 Å². The van der Waals surface area contributed by atoms with Crippen molar-refractivity contribution in [1.29, 1.82) is 0 Å². The van der Waals surface area contributed by atoms with Crippen LogP contribution in [-0.4, -0.2) is 23.0 Å². The average molecular weight is 157 g/mol. The van der Waals surface area contributed by atoms with Crippen molar-refractivity contribution in [3.63, 3.8) is 0 Å². The molecule has 1 atom stereocenters. The highest BCUT2D eigenvalue weighted by Gasteiger charge is 2.32. The summed E-state index contributed by atoms with van der Waals surface area (Å²) in [6.45, 7) is 0.462. The smallest absolute Gasteiger partial charge is 0.135 e. The van der Waals surface area contributed by atoms with E-state index >= 15 is 0 Å². The second kappa shape index (κ2) is 3.32. The lowest BCUT2D eigenvalue weighted by Gasteiger charge is -2.30. The van der Waals surface area contributed by atoms with E-state index < -0.39 is 5.60 Å². The van der Waals surface area contributed by atoms with Crippen LogP contribution in [0.4, 0.5) is 0 Å². The van der Waals surface area contributed by atoms with Crippen molar-refractivity contribution in [3.8, 4) is 0 Å². The van der Waals surface area contributed by atoms with E-state index in [2.05, 4.69) is 0 Å². The van der Waals surface area contributed by atoms with Crippen molar-refractivity contribution in [2.45, 2.75) is 37.7 Å². The van der Waals surface area contributed by atoms with Crippen molar-refractivity contribution in [1.82, 2.24) is 0 Å². The molecule has 0 saturated heterocycles. The van der Waals surface area contributed by atoms with Gasteiger partial charge in [-0.2, -0.15) is 0 Å². The van der Waals surface area contributed by atoms with Gasteiger partial charge in [0.25, 0.3) is 0 Å². The van der Waals surface area contributed by atoms with Gasteiger partial charge in [-0.25, -0.2) is 0 Å². The topological polar surface area (TPSA) is 63.3 Å². The largest absolute Gasteiger partial charge is 0.389 e. The Hall–Kier alpha value is -0.410. The number of carbonyl (C=O) groups is 1. The van der Waals surface area contributed by atoms with E-state index in [1.165, 1.54) is 0 Å². The molecule has 0 radical (unpaired) electrons. The Bertz CT molecular complexity index is 154. The fourth-order valence-corrected chi connectivity index (χ4v) is 1.64. The predicted octanol–water partition coefficient (Wildman–Crippen LogP) is 0.209. The molecule has 1 rings (SSSR count). The Labute approximate surface area is 66.6 Å². The van der Waals surface area contributed by atoms with E-state index in [0.29, 0.717) is 25.8 Å². The SMILES string of the molecule is NCCC1(O)CCCC(=O)C1. The molecule has 0 amide bonds. The third-order valence-electron chi connectivity index (χ3n) is 2.23. The summed E-state index contributed by atoms with van der Waals surface area (Å²) < 4.78 is 0. The van der Waals surface area contributed by atoms with Crippen molar-refractivity contribution in [2.24, 2.45) is 5.73 Å². The molecule has 0 aromatic rings. The minimum atomic E-state index is -0.774. The molecule has 1 aliphatic rings. The molecule has 0 heterocycles. The Morgan fingerprint density at radius 2 is 2.36 bits per heavy atom. The molecule has 0 aliphatic heterocycles. The van der Waals surface area contributed by atoms with Crippen molar-refractivity contribution in [3.05, 3.63) is 0 Å². The first-order valence-corrected chi connectivity index (χ1v) is 4.10. The zero-order chi connectivity index (χ0) is 8.32. The lowest BCUT2D eigenvalue weighted by atomic mass is 9.82. The van der Waals surface area contributed by atoms with E-state index in [1.54, 1.807) is 0 Å². The summed E-state index contributed by atoms with van der Waals surface area (Å²) >= 11 is 0. The first kappa shape index (κ1) is 8.68. The summed E-state index contributed by atoms with van der Waals surface area (Å²) in [6.07, 6.45) is 3.04. The average Bonchev–Trinajstić information content (AvgIpc) is 1.86. The van der Waals surface area contributed by atoms with E-state index in [4.69, 9.17) is 5.73 Å². The quantitative estimate of drug-likeness (QED) is 0.602. The number of nitrogens with two attached hydrogens (primary N) is 1. The molecule has 11 heavy (non-hydrogen) atoms. The zero-order valence-electron chi connectivity index (χ0n) is 6.68. The van der Waals surface area contributed by atoms with Gasteiger partial charge in [-0.15, -0.1) is 0 Å². The molecule has 3 N–H and O–H groups in total. The molecule has 1 saturated carbocycles. The van der Waals surface area contributed by atoms with Crippen LogP contribution in [0.15, 0.2) is 0 Å². The van der Waals surface area contributed by atoms with Gasteiger partial charge in [-0.3, -0.25) is 4.79 Å². The molecule has 3 heteroatoms. The highest BCUT2D eigenvalue weighted by molar-refractivity contribution is 5.80. The predicted molar refractivity (Wildman–Crippen MR) is 42.1 cm³/mol. The van der Waals surface area contributed by atoms with Gasteiger partial charge in [-0.05, 0) is 25.8 Å². The molecule has 1 aliphatic carbocycles. The lowest BCUT2D eigenvalue weighted by molar-refractivity contribution is -0.128. The Balaban J connectivity index is 2.48. The Kier molecular flexibility index (Phi) is 2.62. The van der Waals surface area contributed by atoms with Crippen LogP contribution in [0.25, 0.3) is 0 Å². The Morgan fingerprint density at radius 3 is 2.91 bits per heavy atom. The third kappa shape index (κ3) is 2.27. The van der Waals surface area contributed by atoms with E-state index in [1.807, 2.05) is 0 Å². The first-order chi connectivity index (χ1) is 5.16. The van der Waals surface area contributed by atoms with Gasteiger partial charge < -0.3 is 10.8 Å². The van der Waals surface area contributed by atoms with E-state index in [9.17, 15) is 9.90 Å². The molecule has 0 aromatic carbocycles. The molecule has 64 valence electrons. The van der Waals surface area contributed by atoms with Crippen LogP contribution in [0.1, 0.15) is 32.1 Å². The van der Waals surface area contributed by atoms with Crippen LogP contribution in [-0.2, 0) is 4.79 Å². The van der Waals surface area contributed by atoms with E-state index in [-0.39, 0.29) is 5.78 Å². The first-order valence-electron chi connectivity index (χ1n) is 4.10. The molecular formula is C8H15NO2. The number of ketones is 1. The molecule has 1 unspecified atom stereocenters. The summed E-state index contributed by atoms with van der Waals surface area (Å²) in [5, 5.41) is 9.74. The van der Waals surface area contributed by atoms with Gasteiger partial charge in [0.1, 0.15) is 5.78 Å². The van der Waals surface area contributed by atoms with Crippen LogP contribution >= 0.6 is 0 Å². The number of hydrogen-bond donors (Lipinski definition) is 2. The minimum Gasteiger partial charge on any atom is -0.389 e. The fraction of sp³-hybridized carbons (Fsp3) is 0.875. The Morgan fingerprint density at radius 1 is 1.64 bits per heavy atom. The van der Waals surface area contributed by atoms with Crippen molar-refractivity contribution >= 4 is 5.78 Å². The van der Waals surface area contributed by atoms with Crippen LogP contribution in [0.5, 0.6) is 0 Å². The summed E-state index contributed by atoms with van der Waals surface area (Å²) in [6, 6.07) is 0. The molecular weight excluding hydrogens is 142 g/mol. The summed E-state index contributed by atoms with van der Waals surface area (Å²) in [5.41, 5.74) is 4.54. The number of rotatable bonds is 2. The molecule has 0 aromatic heterocycles. The van der Waals surface area contributed by atoms with Gasteiger partial charge in [0.05, 0.1) is 5.60 Å². The van der Waals surface area contributed by atoms with Gasteiger partial charge in [0.2, 0.25) is 0 Å². The lowest BCUT2D eigenvalue weighted by Crippen LogP contribution is -2.37. The van der Waals surface area contributed by atoms with Crippen LogP contribution in [0.2, 0.25) is 0 Å². The van der Waals surface area contributed by atoms with Crippen molar-refractivity contribution in [2.75, 3.05) is 6.54 Å². The minimum absolute atomic E-state index is 0.173. The van der Waals surface area contributed by atoms with Crippen LogP contribution in [0.3, 0.4) is 0 Å². The molecule has 0 bridgehead atoms. The van der Waals surface area contributed by atoms with Crippen molar-refractivity contribution < 1.29 is 9.90 Å². The number of carbonyl (C=O) groups excluding carboxylic acids is 1. The second-order valence-corrected chi connectivity index (χ2v) is 3.33. The van der Waals surface area contributed by atoms with Gasteiger partial charge in [0.15, 0.2) is 0 Å². The maximum atomic E-state index is 11.0. The zero-order valence-corrected chi connectivity index (χ0v) is 6.68. The second-order valence-electron chi connectivity index (χ2n) is 3.33. The van der Waals surface area contributed by atoms with Gasteiger partial charge >= 0.3 is 0 Å². The summed E-state index contributed by atoms with van der Waals surface area (Å²) in [7, 11) is 0. The summed E-state index contributed by atoms with van der Waals surface area (Å²) in [4.78, 5) is 11.0. The van der Waals surface area contributed by atoms with Crippen LogP contribution < -0.4 is 5.73 Å². The number of Topliss-reactive ketones (excluding diaryl/α,β-unsaturated/α-hetero) is 1. The highest BCUT2D eigenvalue weighted by atomic mass is 16.3. The fourth-order valence-electron chi connectivity index (χ4n) is 1.64. The maximum Gasteiger partial charge on any atom is 0.135 e.